The maximum Gasteiger partial charge on any atom is 0.308 e. The number of ether oxygens (including phenoxy) is 1. The largest absolute Gasteiger partial charge is 0.427 e. The van der Waals surface area contributed by atoms with Crippen LogP contribution in [-0.2, 0) is 14.6 Å². The third-order valence-corrected chi connectivity index (χ3v) is 5.88. The maximum atomic E-state index is 11.8. The molecule has 0 unspecified atom stereocenters. The molecule has 0 radical (unpaired) electrons. The van der Waals surface area contributed by atoms with Crippen LogP contribution in [0.25, 0.3) is 11.1 Å². The zero-order chi connectivity index (χ0) is 21.7. The molecule has 0 aliphatic carbocycles. The van der Waals surface area contributed by atoms with E-state index in [4.69, 9.17) is 4.74 Å². The second-order valence-electron chi connectivity index (χ2n) is 6.99. The SMILES string of the molecule is CC/C(=C(\c1ccccc1)c1ccc(OC(C)=O)cc1)c1ccc(S(C)(=O)=O)cc1. The molecule has 0 N–H and O–H groups in total. The van der Waals surface area contributed by atoms with Gasteiger partial charge in [-0.3, -0.25) is 4.79 Å². The highest BCUT2D eigenvalue weighted by molar-refractivity contribution is 7.90. The van der Waals surface area contributed by atoms with E-state index in [0.29, 0.717) is 10.6 Å². The molecular weight excluding hydrogens is 396 g/mol. The molecule has 0 aliphatic heterocycles. The second kappa shape index (κ2) is 9.09. The Bertz CT molecular complexity index is 1160. The Labute approximate surface area is 177 Å². The molecule has 0 atom stereocenters. The standard InChI is InChI=1S/C25H24O4S/c1-4-24(19-12-16-23(17-13-19)30(3,27)28)25(20-8-6-5-7-9-20)21-10-14-22(15-11-21)29-18(2)26/h5-17H,4H2,1-3H3/b25-24-. The number of carbonyl (C=O) groups is 1. The number of rotatable bonds is 6. The van der Waals surface area contributed by atoms with E-state index in [1.54, 1.807) is 24.3 Å². The number of hydrogen-bond acceptors (Lipinski definition) is 4. The van der Waals surface area contributed by atoms with Crippen molar-refractivity contribution in [3.05, 3.63) is 95.6 Å². The van der Waals surface area contributed by atoms with Gasteiger partial charge in [0, 0.05) is 13.2 Å². The first-order valence-electron chi connectivity index (χ1n) is 9.67. The monoisotopic (exact) mass is 420 g/mol. The van der Waals surface area contributed by atoms with Crippen molar-refractivity contribution in [2.45, 2.75) is 25.2 Å². The third kappa shape index (κ3) is 5.05. The Morgan fingerprint density at radius 2 is 1.33 bits per heavy atom. The average molecular weight is 421 g/mol. The number of esters is 1. The van der Waals surface area contributed by atoms with E-state index in [-0.39, 0.29) is 5.97 Å². The van der Waals surface area contributed by atoms with Crippen molar-refractivity contribution in [3.63, 3.8) is 0 Å². The third-order valence-electron chi connectivity index (χ3n) is 4.75. The van der Waals surface area contributed by atoms with Crippen molar-refractivity contribution in [1.82, 2.24) is 0 Å². The van der Waals surface area contributed by atoms with Crippen molar-refractivity contribution >= 4 is 27.0 Å². The van der Waals surface area contributed by atoms with E-state index in [1.165, 1.54) is 13.2 Å². The Morgan fingerprint density at radius 1 is 0.800 bits per heavy atom. The minimum atomic E-state index is -3.25. The number of sulfone groups is 1. The Kier molecular flexibility index (Phi) is 6.53. The average Bonchev–Trinajstić information content (AvgIpc) is 2.72. The lowest BCUT2D eigenvalue weighted by Gasteiger charge is -2.17. The number of allylic oxidation sites excluding steroid dienone is 1. The van der Waals surface area contributed by atoms with Gasteiger partial charge in [0.15, 0.2) is 9.84 Å². The molecule has 0 fully saturated rings. The number of hydrogen-bond donors (Lipinski definition) is 0. The van der Waals surface area contributed by atoms with Crippen LogP contribution in [0.5, 0.6) is 5.75 Å². The summed E-state index contributed by atoms with van der Waals surface area (Å²) in [7, 11) is -3.25. The molecule has 154 valence electrons. The van der Waals surface area contributed by atoms with E-state index >= 15 is 0 Å². The van der Waals surface area contributed by atoms with Gasteiger partial charge >= 0.3 is 5.97 Å². The normalized spacial score (nSPS) is 12.2. The molecule has 0 amide bonds. The van der Waals surface area contributed by atoms with E-state index in [0.717, 1.165) is 34.3 Å². The fourth-order valence-electron chi connectivity index (χ4n) is 3.40. The van der Waals surface area contributed by atoms with Crippen molar-refractivity contribution in [2.75, 3.05) is 6.26 Å². The smallest absolute Gasteiger partial charge is 0.308 e. The Hall–Kier alpha value is -3.18. The highest BCUT2D eigenvalue weighted by Crippen LogP contribution is 2.35. The van der Waals surface area contributed by atoms with Gasteiger partial charge in [-0.1, -0.05) is 61.5 Å². The summed E-state index contributed by atoms with van der Waals surface area (Å²) >= 11 is 0. The molecule has 0 aromatic heterocycles. The maximum absolute atomic E-state index is 11.8. The first-order valence-corrected chi connectivity index (χ1v) is 11.6. The lowest BCUT2D eigenvalue weighted by molar-refractivity contribution is -0.131. The van der Waals surface area contributed by atoms with Gasteiger partial charge in [0.25, 0.3) is 0 Å². The van der Waals surface area contributed by atoms with Gasteiger partial charge in [-0.15, -0.1) is 0 Å². The van der Waals surface area contributed by atoms with Gasteiger partial charge in [0.2, 0.25) is 0 Å². The predicted molar refractivity (Wildman–Crippen MR) is 120 cm³/mol. The van der Waals surface area contributed by atoms with E-state index < -0.39 is 9.84 Å². The lowest BCUT2D eigenvalue weighted by Crippen LogP contribution is -2.01. The zero-order valence-corrected chi connectivity index (χ0v) is 18.1. The summed E-state index contributed by atoms with van der Waals surface area (Å²) in [6, 6.07) is 24.5. The first-order chi connectivity index (χ1) is 14.3. The van der Waals surface area contributed by atoms with Crippen LogP contribution in [0, 0.1) is 0 Å². The minimum absolute atomic E-state index is 0.300. The summed E-state index contributed by atoms with van der Waals surface area (Å²) < 4.78 is 28.8. The molecule has 0 saturated carbocycles. The summed E-state index contributed by atoms with van der Waals surface area (Å²) in [5.74, 6) is 0.135. The van der Waals surface area contributed by atoms with Crippen molar-refractivity contribution in [3.8, 4) is 5.75 Å². The minimum Gasteiger partial charge on any atom is -0.427 e. The molecule has 5 heteroatoms. The van der Waals surface area contributed by atoms with Gasteiger partial charge in [0.05, 0.1) is 4.90 Å². The lowest BCUT2D eigenvalue weighted by atomic mass is 9.88. The van der Waals surface area contributed by atoms with Crippen LogP contribution in [0.2, 0.25) is 0 Å². The van der Waals surface area contributed by atoms with Gasteiger partial charge in [-0.2, -0.15) is 0 Å². The molecule has 30 heavy (non-hydrogen) atoms. The quantitative estimate of drug-likeness (QED) is 0.305. The molecule has 0 bridgehead atoms. The van der Waals surface area contributed by atoms with Crippen molar-refractivity contribution in [2.24, 2.45) is 0 Å². The number of benzene rings is 3. The predicted octanol–water partition coefficient (Wildman–Crippen LogP) is 5.38. The van der Waals surface area contributed by atoms with Crippen LogP contribution >= 0.6 is 0 Å². The van der Waals surface area contributed by atoms with E-state index in [9.17, 15) is 13.2 Å². The molecule has 3 aromatic carbocycles. The van der Waals surface area contributed by atoms with Crippen LogP contribution in [0.15, 0.2) is 83.8 Å². The zero-order valence-electron chi connectivity index (χ0n) is 17.3. The first kappa shape index (κ1) is 21.5. The van der Waals surface area contributed by atoms with Crippen LogP contribution in [0.3, 0.4) is 0 Å². The molecular formula is C25H24O4S. The highest BCUT2D eigenvalue weighted by Gasteiger charge is 2.14. The Balaban J connectivity index is 2.17. The van der Waals surface area contributed by atoms with E-state index in [1.807, 2.05) is 42.5 Å². The van der Waals surface area contributed by atoms with Crippen LogP contribution < -0.4 is 4.74 Å². The molecule has 4 nitrogen and oxygen atoms in total. The molecule has 3 rings (SSSR count). The molecule has 0 heterocycles. The van der Waals surface area contributed by atoms with Crippen LogP contribution in [0.1, 0.15) is 37.0 Å². The van der Waals surface area contributed by atoms with Gasteiger partial charge in [0.1, 0.15) is 5.75 Å². The topological polar surface area (TPSA) is 60.4 Å². The van der Waals surface area contributed by atoms with Crippen LogP contribution in [-0.4, -0.2) is 20.6 Å². The molecule has 0 spiro atoms. The van der Waals surface area contributed by atoms with Crippen molar-refractivity contribution in [1.29, 1.82) is 0 Å². The van der Waals surface area contributed by atoms with Gasteiger partial charge in [-0.25, -0.2) is 8.42 Å². The fourth-order valence-corrected chi connectivity index (χ4v) is 4.03. The molecule has 3 aromatic rings. The van der Waals surface area contributed by atoms with Crippen molar-refractivity contribution < 1.29 is 17.9 Å². The second-order valence-corrected chi connectivity index (χ2v) is 9.00. The summed E-state index contributed by atoms with van der Waals surface area (Å²) in [6.07, 6.45) is 1.97. The number of carbonyl (C=O) groups excluding carboxylic acids is 1. The highest BCUT2D eigenvalue weighted by atomic mass is 32.2. The summed E-state index contributed by atoms with van der Waals surface area (Å²) in [5, 5.41) is 0. The summed E-state index contributed by atoms with van der Waals surface area (Å²) in [5.41, 5.74) is 5.16. The van der Waals surface area contributed by atoms with E-state index in [2.05, 4.69) is 19.1 Å². The fraction of sp³-hybridized carbons (Fsp3) is 0.160. The van der Waals surface area contributed by atoms with Crippen LogP contribution in [0.4, 0.5) is 0 Å². The van der Waals surface area contributed by atoms with Gasteiger partial charge in [-0.05, 0) is 58.5 Å². The molecule has 0 aliphatic rings. The Morgan fingerprint density at radius 3 is 1.83 bits per heavy atom. The van der Waals surface area contributed by atoms with Gasteiger partial charge < -0.3 is 4.74 Å². The molecule has 0 saturated heterocycles. The summed E-state index contributed by atoms with van der Waals surface area (Å²) in [6.45, 7) is 3.45. The summed E-state index contributed by atoms with van der Waals surface area (Å²) in [4.78, 5) is 11.5.